The normalized spacial score (nSPS) is 9.83. The Morgan fingerprint density at radius 1 is 1.42 bits per heavy atom. The van der Waals surface area contributed by atoms with Gasteiger partial charge in [0, 0.05) is 0 Å². The first-order valence-corrected chi connectivity index (χ1v) is 4.30. The molecule has 1 rings (SSSR count). The first kappa shape index (κ1) is 9.07. The summed E-state index contributed by atoms with van der Waals surface area (Å²) in [6, 6.07) is 8.12. The standard InChI is InChI=1S/C10H15NO/c1-9-4-3-5-10(8-9)12-7-6-11-2/h3-5,8,11H,6-7H2,1-2H3/p+1. The van der Waals surface area contributed by atoms with Crippen molar-refractivity contribution in [2.75, 3.05) is 20.2 Å². The molecule has 2 heteroatoms. The Morgan fingerprint density at radius 2 is 2.25 bits per heavy atom. The minimum atomic E-state index is 0.778. The van der Waals surface area contributed by atoms with Gasteiger partial charge in [-0.1, -0.05) is 12.1 Å². The summed E-state index contributed by atoms with van der Waals surface area (Å²) in [7, 11) is 2.04. The minimum Gasteiger partial charge on any atom is -0.488 e. The van der Waals surface area contributed by atoms with Crippen molar-refractivity contribution in [3.63, 3.8) is 0 Å². The van der Waals surface area contributed by atoms with Gasteiger partial charge in [0.15, 0.2) is 0 Å². The van der Waals surface area contributed by atoms with E-state index in [2.05, 4.69) is 24.4 Å². The van der Waals surface area contributed by atoms with Gasteiger partial charge in [-0.15, -0.1) is 0 Å². The zero-order chi connectivity index (χ0) is 8.81. The van der Waals surface area contributed by atoms with E-state index in [1.165, 1.54) is 5.56 Å². The fourth-order valence-corrected chi connectivity index (χ4v) is 1.000. The van der Waals surface area contributed by atoms with Crippen LogP contribution >= 0.6 is 0 Å². The topological polar surface area (TPSA) is 25.8 Å². The van der Waals surface area contributed by atoms with Crippen molar-refractivity contribution in [3.05, 3.63) is 29.8 Å². The van der Waals surface area contributed by atoms with Gasteiger partial charge in [0.25, 0.3) is 0 Å². The lowest BCUT2D eigenvalue weighted by Gasteiger charge is -2.04. The second kappa shape index (κ2) is 4.78. The van der Waals surface area contributed by atoms with Crippen LogP contribution in [0.3, 0.4) is 0 Å². The predicted molar refractivity (Wildman–Crippen MR) is 49.4 cm³/mol. The summed E-state index contributed by atoms with van der Waals surface area (Å²) in [5.41, 5.74) is 1.24. The van der Waals surface area contributed by atoms with E-state index in [4.69, 9.17) is 4.74 Å². The molecule has 12 heavy (non-hydrogen) atoms. The molecule has 1 aromatic rings. The van der Waals surface area contributed by atoms with Gasteiger partial charge in [0.05, 0.1) is 7.05 Å². The number of hydrogen-bond donors (Lipinski definition) is 1. The van der Waals surface area contributed by atoms with Crippen molar-refractivity contribution in [2.45, 2.75) is 6.92 Å². The molecule has 2 N–H and O–H groups in total. The van der Waals surface area contributed by atoms with Crippen LogP contribution in [0, 0.1) is 6.92 Å². The molecule has 0 saturated heterocycles. The average molecular weight is 166 g/mol. The molecular weight excluding hydrogens is 150 g/mol. The molecule has 0 atom stereocenters. The maximum absolute atomic E-state index is 5.50. The van der Waals surface area contributed by atoms with E-state index in [1.54, 1.807) is 0 Å². The molecule has 0 radical (unpaired) electrons. The molecular formula is C10H16NO+. The minimum absolute atomic E-state index is 0.778. The molecule has 0 spiro atoms. The fourth-order valence-electron chi connectivity index (χ4n) is 1.000. The molecule has 2 nitrogen and oxygen atoms in total. The third kappa shape index (κ3) is 2.93. The Kier molecular flexibility index (Phi) is 3.61. The lowest BCUT2D eigenvalue weighted by Crippen LogP contribution is -2.80. The number of aryl methyl sites for hydroxylation is 1. The van der Waals surface area contributed by atoms with Gasteiger partial charge in [-0.05, 0) is 24.6 Å². The monoisotopic (exact) mass is 166 g/mol. The lowest BCUT2D eigenvalue weighted by atomic mass is 10.2. The second-order valence-corrected chi connectivity index (χ2v) is 2.86. The number of rotatable bonds is 4. The van der Waals surface area contributed by atoms with E-state index < -0.39 is 0 Å². The summed E-state index contributed by atoms with van der Waals surface area (Å²) in [5.74, 6) is 0.969. The highest BCUT2D eigenvalue weighted by Crippen LogP contribution is 2.11. The van der Waals surface area contributed by atoms with Gasteiger partial charge in [-0.25, -0.2) is 0 Å². The highest BCUT2D eigenvalue weighted by atomic mass is 16.5. The molecule has 0 fully saturated rings. The molecule has 0 aliphatic rings. The van der Waals surface area contributed by atoms with Gasteiger partial charge in [0.1, 0.15) is 18.9 Å². The quantitative estimate of drug-likeness (QED) is 0.650. The molecule has 0 aliphatic heterocycles. The van der Waals surface area contributed by atoms with Crippen molar-refractivity contribution in [3.8, 4) is 5.75 Å². The van der Waals surface area contributed by atoms with Gasteiger partial charge < -0.3 is 10.1 Å². The SMILES string of the molecule is C[NH2+]CCOc1cccc(C)c1. The lowest BCUT2D eigenvalue weighted by molar-refractivity contribution is -0.627. The molecule has 0 bridgehead atoms. The number of quaternary nitrogens is 1. The van der Waals surface area contributed by atoms with Crippen LogP contribution < -0.4 is 10.1 Å². The smallest absolute Gasteiger partial charge is 0.137 e. The summed E-state index contributed by atoms with van der Waals surface area (Å²) in [4.78, 5) is 0. The predicted octanol–water partition coefficient (Wildman–Crippen LogP) is 0.567. The van der Waals surface area contributed by atoms with E-state index in [-0.39, 0.29) is 0 Å². The molecule has 0 amide bonds. The van der Waals surface area contributed by atoms with Crippen molar-refractivity contribution >= 4 is 0 Å². The van der Waals surface area contributed by atoms with E-state index in [1.807, 2.05) is 19.2 Å². The van der Waals surface area contributed by atoms with E-state index in [0.717, 1.165) is 18.9 Å². The molecule has 0 aromatic heterocycles. The Morgan fingerprint density at radius 3 is 2.92 bits per heavy atom. The third-order valence-corrected chi connectivity index (χ3v) is 1.66. The van der Waals surface area contributed by atoms with Gasteiger partial charge in [-0.3, -0.25) is 0 Å². The number of benzene rings is 1. The van der Waals surface area contributed by atoms with Crippen LogP contribution in [-0.4, -0.2) is 20.2 Å². The Hall–Kier alpha value is -1.02. The Labute approximate surface area is 73.6 Å². The van der Waals surface area contributed by atoms with Crippen LogP contribution in [0.5, 0.6) is 5.75 Å². The fraction of sp³-hybridized carbons (Fsp3) is 0.400. The number of ether oxygens (including phenoxy) is 1. The second-order valence-electron chi connectivity index (χ2n) is 2.86. The van der Waals surface area contributed by atoms with Crippen molar-refractivity contribution < 1.29 is 10.1 Å². The van der Waals surface area contributed by atoms with Crippen LogP contribution in [0.1, 0.15) is 5.56 Å². The Bertz CT molecular complexity index is 235. The Balaban J connectivity index is 2.41. The van der Waals surface area contributed by atoms with Gasteiger partial charge >= 0.3 is 0 Å². The first-order chi connectivity index (χ1) is 5.83. The van der Waals surface area contributed by atoms with Crippen molar-refractivity contribution in [1.29, 1.82) is 0 Å². The highest BCUT2D eigenvalue weighted by molar-refractivity contribution is 5.27. The zero-order valence-corrected chi connectivity index (χ0v) is 7.71. The van der Waals surface area contributed by atoms with Crippen LogP contribution in [0.2, 0.25) is 0 Å². The number of hydrogen-bond acceptors (Lipinski definition) is 1. The summed E-state index contributed by atoms with van der Waals surface area (Å²) in [5, 5.41) is 2.11. The van der Waals surface area contributed by atoms with Gasteiger partial charge in [0.2, 0.25) is 0 Å². The molecule has 0 unspecified atom stereocenters. The maximum atomic E-state index is 5.50. The number of nitrogens with two attached hydrogens (primary N) is 1. The molecule has 1 aromatic carbocycles. The number of likely N-dealkylation sites (N-methyl/N-ethyl adjacent to an activating group) is 1. The highest BCUT2D eigenvalue weighted by Gasteiger charge is 1.92. The van der Waals surface area contributed by atoms with Gasteiger partial charge in [-0.2, -0.15) is 0 Å². The molecule has 66 valence electrons. The van der Waals surface area contributed by atoms with Crippen LogP contribution in [0.15, 0.2) is 24.3 Å². The summed E-state index contributed by atoms with van der Waals surface area (Å²) in [6.45, 7) is 3.85. The largest absolute Gasteiger partial charge is 0.488 e. The zero-order valence-electron chi connectivity index (χ0n) is 7.71. The van der Waals surface area contributed by atoms with Crippen LogP contribution in [-0.2, 0) is 0 Å². The molecule has 0 saturated carbocycles. The maximum Gasteiger partial charge on any atom is 0.137 e. The van der Waals surface area contributed by atoms with Crippen molar-refractivity contribution in [1.82, 2.24) is 0 Å². The van der Waals surface area contributed by atoms with E-state index in [9.17, 15) is 0 Å². The summed E-state index contributed by atoms with van der Waals surface area (Å²) in [6.07, 6.45) is 0. The van der Waals surface area contributed by atoms with Crippen LogP contribution in [0.4, 0.5) is 0 Å². The van der Waals surface area contributed by atoms with Crippen LogP contribution in [0.25, 0.3) is 0 Å². The van der Waals surface area contributed by atoms with E-state index in [0.29, 0.717) is 0 Å². The summed E-state index contributed by atoms with van der Waals surface area (Å²) < 4.78 is 5.50. The third-order valence-electron chi connectivity index (χ3n) is 1.66. The van der Waals surface area contributed by atoms with Crippen molar-refractivity contribution in [2.24, 2.45) is 0 Å². The van der Waals surface area contributed by atoms with E-state index >= 15 is 0 Å². The molecule has 0 heterocycles. The first-order valence-electron chi connectivity index (χ1n) is 4.30. The average Bonchev–Trinajstić information content (AvgIpc) is 2.05. The summed E-state index contributed by atoms with van der Waals surface area (Å²) >= 11 is 0. The molecule has 0 aliphatic carbocycles.